The van der Waals surface area contributed by atoms with E-state index in [-0.39, 0.29) is 0 Å². The highest BCUT2D eigenvalue weighted by Gasteiger charge is 2.38. The van der Waals surface area contributed by atoms with Crippen LogP contribution in [0.5, 0.6) is 0 Å². The molecule has 2 saturated heterocycles. The van der Waals surface area contributed by atoms with E-state index in [0.717, 1.165) is 23.3 Å². The van der Waals surface area contributed by atoms with Gasteiger partial charge in [0.05, 0.1) is 0 Å². The zero-order valence-corrected chi connectivity index (χ0v) is 15.3. The first-order valence-corrected chi connectivity index (χ1v) is 10.0. The van der Waals surface area contributed by atoms with E-state index in [1.165, 1.54) is 84.1 Å². The summed E-state index contributed by atoms with van der Waals surface area (Å²) in [6, 6.07) is 0.746. The fourth-order valence-electron chi connectivity index (χ4n) is 5.10. The van der Waals surface area contributed by atoms with Crippen molar-refractivity contribution >= 4 is 0 Å². The van der Waals surface area contributed by atoms with Gasteiger partial charge in [0.2, 0.25) is 0 Å². The van der Waals surface area contributed by atoms with E-state index < -0.39 is 0 Å². The van der Waals surface area contributed by atoms with Crippen molar-refractivity contribution in [3.63, 3.8) is 0 Å². The van der Waals surface area contributed by atoms with E-state index in [1.54, 1.807) is 0 Å². The Balaban J connectivity index is 1.41. The topological polar surface area (TPSA) is 6.48 Å². The summed E-state index contributed by atoms with van der Waals surface area (Å²) in [5.74, 6) is 1.97. The van der Waals surface area contributed by atoms with E-state index >= 15 is 0 Å². The van der Waals surface area contributed by atoms with Crippen molar-refractivity contribution in [1.29, 1.82) is 0 Å². The Kier molecular flexibility index (Phi) is 5.50. The molecule has 0 aromatic rings. The van der Waals surface area contributed by atoms with Gasteiger partial charge in [-0.3, -0.25) is 0 Å². The molecule has 1 aliphatic carbocycles. The fourth-order valence-corrected chi connectivity index (χ4v) is 5.10. The number of rotatable bonds is 3. The molecule has 0 bridgehead atoms. The lowest BCUT2D eigenvalue weighted by Crippen LogP contribution is -2.45. The van der Waals surface area contributed by atoms with Crippen molar-refractivity contribution in [2.24, 2.45) is 17.3 Å². The highest BCUT2D eigenvalue weighted by Crippen LogP contribution is 2.46. The minimum atomic E-state index is 0.734. The van der Waals surface area contributed by atoms with Crippen LogP contribution in [0, 0.1) is 17.3 Å². The van der Waals surface area contributed by atoms with Gasteiger partial charge in [0.25, 0.3) is 0 Å². The quantitative estimate of drug-likeness (QED) is 0.762. The van der Waals surface area contributed by atoms with Crippen LogP contribution in [0.1, 0.15) is 72.1 Å². The molecule has 2 heterocycles. The highest BCUT2D eigenvalue weighted by molar-refractivity contribution is 4.91. The lowest BCUT2D eigenvalue weighted by molar-refractivity contribution is 0.0312. The lowest BCUT2D eigenvalue weighted by atomic mass is 9.65. The zero-order valence-electron chi connectivity index (χ0n) is 15.3. The van der Waals surface area contributed by atoms with Gasteiger partial charge in [-0.25, -0.2) is 0 Å². The molecule has 3 rings (SSSR count). The van der Waals surface area contributed by atoms with Crippen LogP contribution in [0.25, 0.3) is 0 Å². The second-order valence-electron chi connectivity index (χ2n) is 9.06. The molecule has 3 fully saturated rings. The summed E-state index contributed by atoms with van der Waals surface area (Å²) >= 11 is 0. The molecule has 2 aliphatic heterocycles. The van der Waals surface area contributed by atoms with Crippen molar-refractivity contribution in [2.45, 2.75) is 78.2 Å². The Hall–Kier alpha value is -0.0800. The first-order chi connectivity index (χ1) is 10.6. The van der Waals surface area contributed by atoms with Crippen molar-refractivity contribution < 1.29 is 0 Å². The Morgan fingerprint density at radius 1 is 0.864 bits per heavy atom. The van der Waals surface area contributed by atoms with Crippen molar-refractivity contribution in [1.82, 2.24) is 9.80 Å². The van der Waals surface area contributed by atoms with Gasteiger partial charge < -0.3 is 9.80 Å². The van der Waals surface area contributed by atoms with Gasteiger partial charge in [-0.2, -0.15) is 0 Å². The SMILES string of the molecule is CC1CCN(CC2CCC3(CC2)CCN(C(C)C)CC3)CC1. The van der Waals surface area contributed by atoms with Gasteiger partial charge in [-0.05, 0) is 109 Å². The molecule has 0 atom stereocenters. The number of hydrogen-bond donors (Lipinski definition) is 0. The largest absolute Gasteiger partial charge is 0.303 e. The van der Waals surface area contributed by atoms with Crippen LogP contribution in [0.3, 0.4) is 0 Å². The molecule has 2 heteroatoms. The molecule has 2 nitrogen and oxygen atoms in total. The molecule has 0 amide bonds. The molecular weight excluding hydrogens is 268 g/mol. The van der Waals surface area contributed by atoms with Crippen molar-refractivity contribution in [2.75, 3.05) is 32.7 Å². The molecule has 0 aromatic carbocycles. The first-order valence-electron chi connectivity index (χ1n) is 10.0. The minimum Gasteiger partial charge on any atom is -0.303 e. The van der Waals surface area contributed by atoms with E-state index in [9.17, 15) is 0 Å². The third-order valence-corrected chi connectivity index (χ3v) is 7.15. The second-order valence-corrected chi connectivity index (χ2v) is 9.06. The van der Waals surface area contributed by atoms with Gasteiger partial charge in [-0.15, -0.1) is 0 Å². The van der Waals surface area contributed by atoms with E-state index in [4.69, 9.17) is 0 Å². The highest BCUT2D eigenvalue weighted by atomic mass is 15.2. The number of nitrogens with zero attached hydrogens (tertiary/aromatic N) is 2. The van der Waals surface area contributed by atoms with Gasteiger partial charge in [0.1, 0.15) is 0 Å². The third-order valence-electron chi connectivity index (χ3n) is 7.15. The van der Waals surface area contributed by atoms with Crippen LogP contribution < -0.4 is 0 Å². The lowest BCUT2D eigenvalue weighted by Gasteiger charge is -2.47. The number of likely N-dealkylation sites (tertiary alicyclic amines) is 2. The predicted molar refractivity (Wildman–Crippen MR) is 95.2 cm³/mol. The zero-order chi connectivity index (χ0) is 15.6. The molecule has 0 radical (unpaired) electrons. The van der Waals surface area contributed by atoms with Crippen molar-refractivity contribution in [3.8, 4) is 0 Å². The maximum atomic E-state index is 2.77. The molecule has 0 N–H and O–H groups in total. The van der Waals surface area contributed by atoms with E-state index in [0.29, 0.717) is 0 Å². The van der Waals surface area contributed by atoms with Crippen LogP contribution in [0.2, 0.25) is 0 Å². The Labute approximate surface area is 138 Å². The Morgan fingerprint density at radius 2 is 1.45 bits per heavy atom. The summed E-state index contributed by atoms with van der Waals surface area (Å²) in [7, 11) is 0. The van der Waals surface area contributed by atoms with Gasteiger partial charge in [-0.1, -0.05) is 6.92 Å². The van der Waals surface area contributed by atoms with Crippen LogP contribution in [-0.2, 0) is 0 Å². The molecule has 1 spiro atoms. The summed E-state index contributed by atoms with van der Waals surface area (Å²) in [5.41, 5.74) is 0.734. The average molecular weight is 307 g/mol. The van der Waals surface area contributed by atoms with Crippen LogP contribution >= 0.6 is 0 Å². The first kappa shape index (κ1) is 16.8. The fraction of sp³-hybridized carbons (Fsp3) is 1.00. The summed E-state index contributed by atoms with van der Waals surface area (Å²) < 4.78 is 0. The van der Waals surface area contributed by atoms with E-state index in [2.05, 4.69) is 30.6 Å². The van der Waals surface area contributed by atoms with Crippen LogP contribution in [0.4, 0.5) is 0 Å². The molecule has 0 aromatic heterocycles. The smallest absolute Gasteiger partial charge is 0.00385 e. The number of hydrogen-bond acceptors (Lipinski definition) is 2. The predicted octanol–water partition coefficient (Wildman–Crippen LogP) is 4.40. The third kappa shape index (κ3) is 4.06. The normalized spacial score (nSPS) is 29.5. The molecule has 128 valence electrons. The molecule has 1 saturated carbocycles. The maximum absolute atomic E-state index is 2.77. The number of piperidine rings is 2. The molecule has 22 heavy (non-hydrogen) atoms. The second kappa shape index (κ2) is 7.21. The summed E-state index contributed by atoms with van der Waals surface area (Å²) in [5, 5.41) is 0. The Morgan fingerprint density at radius 3 is 2.00 bits per heavy atom. The summed E-state index contributed by atoms with van der Waals surface area (Å²) in [6.07, 6.45) is 11.9. The maximum Gasteiger partial charge on any atom is 0.00385 e. The molecule has 3 aliphatic rings. The standard InChI is InChI=1S/C20H38N2/c1-17(2)22-14-10-20(11-15-22)8-4-19(5-9-20)16-21-12-6-18(3)7-13-21/h17-19H,4-16H2,1-3H3. The molecule has 0 unspecified atom stereocenters. The minimum absolute atomic E-state index is 0.734. The summed E-state index contributed by atoms with van der Waals surface area (Å²) in [4.78, 5) is 5.45. The monoisotopic (exact) mass is 306 g/mol. The van der Waals surface area contributed by atoms with Gasteiger partial charge >= 0.3 is 0 Å². The summed E-state index contributed by atoms with van der Waals surface area (Å²) in [6.45, 7) is 14.0. The van der Waals surface area contributed by atoms with E-state index in [1.807, 2.05) is 0 Å². The van der Waals surface area contributed by atoms with Crippen molar-refractivity contribution in [3.05, 3.63) is 0 Å². The Bertz CT molecular complexity index is 326. The van der Waals surface area contributed by atoms with Crippen LogP contribution in [-0.4, -0.2) is 48.6 Å². The average Bonchev–Trinajstić information content (AvgIpc) is 2.52. The van der Waals surface area contributed by atoms with Crippen LogP contribution in [0.15, 0.2) is 0 Å². The van der Waals surface area contributed by atoms with Gasteiger partial charge in [0.15, 0.2) is 0 Å². The van der Waals surface area contributed by atoms with Gasteiger partial charge in [0, 0.05) is 12.6 Å². The molecular formula is C20H38N2.